The van der Waals surface area contributed by atoms with Crippen LogP contribution in [0.1, 0.15) is 11.1 Å². The van der Waals surface area contributed by atoms with Gasteiger partial charge in [0.05, 0.1) is 19.9 Å². The topological polar surface area (TPSA) is 63.5 Å². The molecule has 2 aromatic rings. The smallest absolute Gasteiger partial charge is 0.191 e. The van der Waals surface area contributed by atoms with E-state index in [0.29, 0.717) is 0 Å². The Kier molecular flexibility index (Phi) is 9.21. The largest absolute Gasteiger partial charge is 0.497 e. The Bertz CT molecular complexity index is 624. The summed E-state index contributed by atoms with van der Waals surface area (Å²) < 4.78 is 7.08. The number of hydrogen-bond donors (Lipinski definition) is 2. The van der Waals surface area contributed by atoms with Gasteiger partial charge in [-0.2, -0.15) is 5.10 Å². The maximum atomic E-state index is 5.16. The number of halogens is 1. The highest BCUT2D eigenvalue weighted by Crippen LogP contribution is 2.11. The van der Waals surface area contributed by atoms with Gasteiger partial charge in [0, 0.05) is 26.3 Å². The number of methoxy groups -OCH3 is 1. The van der Waals surface area contributed by atoms with E-state index in [1.807, 2.05) is 36.1 Å². The average molecular weight is 443 g/mol. The molecule has 0 aliphatic rings. The molecule has 0 unspecified atom stereocenters. The highest BCUT2D eigenvalue weighted by Gasteiger charge is 1.99. The van der Waals surface area contributed by atoms with Crippen LogP contribution >= 0.6 is 24.0 Å². The van der Waals surface area contributed by atoms with Crippen molar-refractivity contribution in [2.24, 2.45) is 4.99 Å². The van der Waals surface area contributed by atoms with E-state index in [4.69, 9.17) is 4.74 Å². The molecular weight excluding hydrogens is 417 g/mol. The molecule has 0 aliphatic carbocycles. The molecule has 0 amide bonds. The summed E-state index contributed by atoms with van der Waals surface area (Å²) in [6.45, 7) is 4.46. The normalized spacial score (nSPS) is 10.9. The zero-order valence-electron chi connectivity index (χ0n) is 14.5. The zero-order chi connectivity index (χ0) is 16.5. The first-order valence-electron chi connectivity index (χ1n) is 7.78. The SMILES string of the molecule is CN=C(NCCc1ccc(OC)cc1)NCCn1cc(C)cn1.I. The van der Waals surface area contributed by atoms with E-state index in [9.17, 15) is 0 Å². The molecule has 0 atom stereocenters. The highest BCUT2D eigenvalue weighted by molar-refractivity contribution is 14.0. The minimum Gasteiger partial charge on any atom is -0.497 e. The van der Waals surface area contributed by atoms with Crippen LogP contribution in [-0.2, 0) is 13.0 Å². The molecule has 1 aromatic heterocycles. The number of nitrogens with zero attached hydrogens (tertiary/aromatic N) is 3. The number of benzene rings is 1. The fourth-order valence-corrected chi connectivity index (χ4v) is 2.22. The Morgan fingerprint density at radius 2 is 1.92 bits per heavy atom. The van der Waals surface area contributed by atoms with Crippen LogP contribution in [0.4, 0.5) is 0 Å². The van der Waals surface area contributed by atoms with Crippen LogP contribution in [0.25, 0.3) is 0 Å². The van der Waals surface area contributed by atoms with E-state index in [0.717, 1.165) is 37.8 Å². The molecule has 0 fully saturated rings. The van der Waals surface area contributed by atoms with E-state index in [1.54, 1.807) is 14.2 Å². The molecule has 0 spiro atoms. The summed E-state index contributed by atoms with van der Waals surface area (Å²) in [7, 11) is 3.46. The van der Waals surface area contributed by atoms with Gasteiger partial charge in [0.1, 0.15) is 5.75 Å². The molecule has 6 nitrogen and oxygen atoms in total. The molecule has 0 saturated heterocycles. The standard InChI is InChI=1S/C17H25N5O.HI/c1-14-12-21-22(13-14)11-10-20-17(18-2)19-9-8-15-4-6-16(23-3)7-5-15;/h4-7,12-13H,8-11H2,1-3H3,(H2,18,19,20);1H. The first-order chi connectivity index (χ1) is 11.2. The molecule has 1 heterocycles. The van der Waals surface area contributed by atoms with Gasteiger partial charge in [-0.3, -0.25) is 9.67 Å². The fraction of sp³-hybridized carbons (Fsp3) is 0.412. The zero-order valence-corrected chi connectivity index (χ0v) is 16.8. The van der Waals surface area contributed by atoms with Crippen LogP contribution in [0.3, 0.4) is 0 Å². The molecule has 132 valence electrons. The molecule has 24 heavy (non-hydrogen) atoms. The summed E-state index contributed by atoms with van der Waals surface area (Å²) in [6, 6.07) is 8.12. The Labute approximate surface area is 160 Å². The van der Waals surface area contributed by atoms with E-state index < -0.39 is 0 Å². The maximum absolute atomic E-state index is 5.16. The minimum absolute atomic E-state index is 0. The molecule has 1 aromatic carbocycles. The summed E-state index contributed by atoms with van der Waals surface area (Å²) in [5.41, 5.74) is 2.44. The Morgan fingerprint density at radius 1 is 1.21 bits per heavy atom. The van der Waals surface area contributed by atoms with Gasteiger partial charge < -0.3 is 15.4 Å². The van der Waals surface area contributed by atoms with Crippen molar-refractivity contribution in [1.82, 2.24) is 20.4 Å². The number of aryl methyl sites for hydroxylation is 1. The molecule has 2 N–H and O–H groups in total. The second-order valence-electron chi connectivity index (χ2n) is 5.30. The van der Waals surface area contributed by atoms with Gasteiger partial charge in [-0.05, 0) is 36.6 Å². The van der Waals surface area contributed by atoms with Crippen LogP contribution in [0.15, 0.2) is 41.7 Å². The summed E-state index contributed by atoms with van der Waals surface area (Å²) in [5, 5.41) is 10.9. The lowest BCUT2D eigenvalue weighted by Gasteiger charge is -2.12. The van der Waals surface area contributed by atoms with Crippen LogP contribution < -0.4 is 15.4 Å². The van der Waals surface area contributed by atoms with E-state index >= 15 is 0 Å². The van der Waals surface area contributed by atoms with Gasteiger partial charge in [-0.1, -0.05) is 12.1 Å². The number of aliphatic imine (C=N–C) groups is 1. The predicted octanol–water partition coefficient (Wildman–Crippen LogP) is 2.23. The predicted molar refractivity (Wildman–Crippen MR) is 108 cm³/mol. The van der Waals surface area contributed by atoms with Gasteiger partial charge in [0.15, 0.2) is 5.96 Å². The monoisotopic (exact) mass is 443 g/mol. The van der Waals surface area contributed by atoms with Crippen LogP contribution in [0.2, 0.25) is 0 Å². The quantitative estimate of drug-likeness (QED) is 0.392. The number of hydrogen-bond acceptors (Lipinski definition) is 3. The molecule has 2 rings (SSSR count). The van der Waals surface area contributed by atoms with Gasteiger partial charge in [-0.15, -0.1) is 24.0 Å². The van der Waals surface area contributed by atoms with Crippen molar-refractivity contribution in [2.45, 2.75) is 19.9 Å². The van der Waals surface area contributed by atoms with Gasteiger partial charge in [0.25, 0.3) is 0 Å². The third-order valence-corrected chi connectivity index (χ3v) is 3.48. The molecule has 0 aliphatic heterocycles. The van der Waals surface area contributed by atoms with Crippen molar-refractivity contribution >= 4 is 29.9 Å². The van der Waals surface area contributed by atoms with Crippen molar-refractivity contribution in [3.63, 3.8) is 0 Å². The Balaban J connectivity index is 0.00000288. The molecule has 0 bridgehead atoms. The molecule has 0 saturated carbocycles. The lowest BCUT2D eigenvalue weighted by molar-refractivity contribution is 0.414. The lowest BCUT2D eigenvalue weighted by atomic mass is 10.1. The lowest BCUT2D eigenvalue weighted by Crippen LogP contribution is -2.39. The summed E-state index contributed by atoms with van der Waals surface area (Å²) >= 11 is 0. The number of guanidine groups is 1. The first-order valence-corrected chi connectivity index (χ1v) is 7.78. The summed E-state index contributed by atoms with van der Waals surface area (Å²) in [4.78, 5) is 4.23. The van der Waals surface area contributed by atoms with Crippen molar-refractivity contribution in [3.8, 4) is 5.75 Å². The second kappa shape index (κ2) is 10.9. The van der Waals surface area contributed by atoms with Crippen molar-refractivity contribution in [1.29, 1.82) is 0 Å². The number of rotatable bonds is 7. The highest BCUT2D eigenvalue weighted by atomic mass is 127. The van der Waals surface area contributed by atoms with Crippen molar-refractivity contribution in [2.75, 3.05) is 27.2 Å². The van der Waals surface area contributed by atoms with Crippen LogP contribution in [0.5, 0.6) is 5.75 Å². The summed E-state index contributed by atoms with van der Waals surface area (Å²) in [6.07, 6.45) is 4.83. The van der Waals surface area contributed by atoms with E-state index in [2.05, 4.69) is 32.9 Å². The van der Waals surface area contributed by atoms with E-state index in [-0.39, 0.29) is 24.0 Å². The van der Waals surface area contributed by atoms with Crippen molar-refractivity contribution in [3.05, 3.63) is 47.8 Å². The third-order valence-electron chi connectivity index (χ3n) is 3.48. The minimum atomic E-state index is 0. The number of nitrogens with one attached hydrogen (secondary N) is 2. The van der Waals surface area contributed by atoms with Gasteiger partial charge >= 0.3 is 0 Å². The average Bonchev–Trinajstić information content (AvgIpc) is 2.99. The molecule has 0 radical (unpaired) electrons. The third kappa shape index (κ3) is 6.77. The second-order valence-corrected chi connectivity index (χ2v) is 5.30. The maximum Gasteiger partial charge on any atom is 0.191 e. The van der Waals surface area contributed by atoms with Crippen LogP contribution in [-0.4, -0.2) is 43.0 Å². The van der Waals surface area contributed by atoms with Gasteiger partial charge in [0.2, 0.25) is 0 Å². The number of ether oxygens (including phenoxy) is 1. The Morgan fingerprint density at radius 3 is 2.50 bits per heavy atom. The van der Waals surface area contributed by atoms with Gasteiger partial charge in [-0.25, -0.2) is 0 Å². The van der Waals surface area contributed by atoms with E-state index in [1.165, 1.54) is 11.1 Å². The first kappa shape index (κ1) is 20.3. The van der Waals surface area contributed by atoms with Crippen molar-refractivity contribution < 1.29 is 4.74 Å². The summed E-state index contributed by atoms with van der Waals surface area (Å²) in [5.74, 6) is 1.69. The fourth-order valence-electron chi connectivity index (χ4n) is 2.22. The number of aromatic nitrogens is 2. The molecular formula is C17H26IN5O. The van der Waals surface area contributed by atoms with Crippen LogP contribution in [0, 0.1) is 6.92 Å². The Hall–Kier alpha value is -1.77. The molecule has 7 heteroatoms.